The van der Waals surface area contributed by atoms with Crippen molar-refractivity contribution in [1.29, 1.82) is 0 Å². The van der Waals surface area contributed by atoms with Crippen LogP contribution in [0, 0.1) is 0 Å². The Hall–Kier alpha value is -1.05. The maximum atomic E-state index is 11.9. The summed E-state index contributed by atoms with van der Waals surface area (Å²) in [6.45, 7) is 0. The molecule has 0 amide bonds. The lowest BCUT2D eigenvalue weighted by atomic mass is 10.4. The zero-order valence-corrected chi connectivity index (χ0v) is 11.4. The molecule has 0 spiro atoms. The highest BCUT2D eigenvalue weighted by Crippen LogP contribution is 2.26. The van der Waals surface area contributed by atoms with Crippen molar-refractivity contribution < 1.29 is 12.9 Å². The predicted octanol–water partition coefficient (Wildman–Crippen LogP) is 2.89. The molecule has 0 aliphatic heterocycles. The summed E-state index contributed by atoms with van der Waals surface area (Å²) in [5.74, 6) is 0.101. The monoisotopic (exact) mass is 336 g/mol. The number of benzene rings is 1. The van der Waals surface area contributed by atoms with Crippen molar-refractivity contribution in [2.45, 2.75) is 4.90 Å². The van der Waals surface area contributed by atoms with Crippen LogP contribution in [0.15, 0.2) is 44.4 Å². The second-order valence-corrected chi connectivity index (χ2v) is 6.04. The summed E-state index contributed by atoms with van der Waals surface area (Å²) in [6.07, 6.45) is 1.26. The number of anilines is 1. The number of sulfonamides is 1. The number of aromatic nitrogens is 1. The molecule has 1 aromatic heterocycles. The molecule has 8 heteroatoms. The summed E-state index contributed by atoms with van der Waals surface area (Å²) < 4.78 is 31.3. The maximum absolute atomic E-state index is 11.9. The van der Waals surface area contributed by atoms with Crippen molar-refractivity contribution in [2.24, 2.45) is 0 Å². The van der Waals surface area contributed by atoms with Gasteiger partial charge in [0.05, 0.1) is 5.02 Å². The Morgan fingerprint density at radius 1 is 1.35 bits per heavy atom. The molecule has 1 heterocycles. The smallest absolute Gasteiger partial charge is 0.264 e. The second kappa shape index (κ2) is 4.67. The lowest BCUT2D eigenvalue weighted by Gasteiger charge is -2.06. The van der Waals surface area contributed by atoms with Gasteiger partial charge in [-0.15, -0.1) is 0 Å². The van der Waals surface area contributed by atoms with Gasteiger partial charge in [0.1, 0.15) is 11.2 Å². The third-order valence-corrected chi connectivity index (χ3v) is 4.19. The Morgan fingerprint density at radius 3 is 2.71 bits per heavy atom. The van der Waals surface area contributed by atoms with Crippen molar-refractivity contribution in [3.05, 3.63) is 40.0 Å². The number of hydrogen-bond donors (Lipinski definition) is 1. The fourth-order valence-corrected chi connectivity index (χ4v) is 3.18. The second-order valence-electron chi connectivity index (χ2n) is 3.06. The third-order valence-electron chi connectivity index (χ3n) is 1.86. The standard InChI is InChI=1S/C9H6BrClN2O3S/c10-6-1-2-8(7(11)5-6)17(14,15)13-9-3-4-16-12-9/h1-5H,(H,12,13). The molecule has 0 unspecified atom stereocenters. The van der Waals surface area contributed by atoms with E-state index < -0.39 is 10.0 Å². The molecule has 0 fully saturated rings. The van der Waals surface area contributed by atoms with E-state index in [1.807, 2.05) is 0 Å². The first-order chi connectivity index (χ1) is 7.99. The number of rotatable bonds is 3. The van der Waals surface area contributed by atoms with Gasteiger partial charge in [0, 0.05) is 10.5 Å². The van der Waals surface area contributed by atoms with Gasteiger partial charge in [-0.2, -0.15) is 0 Å². The lowest BCUT2D eigenvalue weighted by Crippen LogP contribution is -2.13. The van der Waals surface area contributed by atoms with Gasteiger partial charge in [-0.25, -0.2) is 8.42 Å². The topological polar surface area (TPSA) is 72.2 Å². The molecule has 5 nitrogen and oxygen atoms in total. The van der Waals surface area contributed by atoms with Crippen molar-refractivity contribution >= 4 is 43.4 Å². The number of nitrogens with one attached hydrogen (secondary N) is 1. The third kappa shape index (κ3) is 2.80. The van der Waals surface area contributed by atoms with E-state index in [-0.39, 0.29) is 15.7 Å². The average molecular weight is 338 g/mol. The van der Waals surface area contributed by atoms with Crippen LogP contribution in [-0.2, 0) is 10.0 Å². The quantitative estimate of drug-likeness (QED) is 0.934. The van der Waals surface area contributed by atoms with Gasteiger partial charge < -0.3 is 4.52 Å². The molecule has 0 aliphatic carbocycles. The van der Waals surface area contributed by atoms with Gasteiger partial charge in [0.2, 0.25) is 0 Å². The molecular formula is C9H6BrClN2O3S. The van der Waals surface area contributed by atoms with Crippen LogP contribution < -0.4 is 4.72 Å². The maximum Gasteiger partial charge on any atom is 0.264 e. The minimum atomic E-state index is -3.76. The molecule has 0 saturated carbocycles. The summed E-state index contributed by atoms with van der Waals surface area (Å²) in [5, 5.41) is 3.58. The van der Waals surface area contributed by atoms with E-state index >= 15 is 0 Å². The molecule has 1 N–H and O–H groups in total. The Morgan fingerprint density at radius 2 is 2.12 bits per heavy atom. The van der Waals surface area contributed by atoms with E-state index in [1.54, 1.807) is 6.07 Å². The van der Waals surface area contributed by atoms with Gasteiger partial charge >= 0.3 is 0 Å². The Kier molecular flexibility index (Phi) is 3.41. The minimum absolute atomic E-state index is 0.0228. The van der Waals surface area contributed by atoms with E-state index in [0.29, 0.717) is 4.47 Å². The first-order valence-electron chi connectivity index (χ1n) is 4.37. The molecule has 0 bridgehead atoms. The molecule has 0 saturated heterocycles. The SMILES string of the molecule is O=S(=O)(Nc1ccon1)c1ccc(Br)cc1Cl. The minimum Gasteiger partial charge on any atom is -0.363 e. The highest BCUT2D eigenvalue weighted by atomic mass is 79.9. The van der Waals surface area contributed by atoms with Gasteiger partial charge in [-0.1, -0.05) is 32.7 Å². The number of halogens is 2. The Balaban J connectivity index is 2.38. The Labute approximate surface area is 111 Å². The van der Waals surface area contributed by atoms with Gasteiger partial charge in [-0.3, -0.25) is 4.72 Å². The molecule has 0 atom stereocenters. The van der Waals surface area contributed by atoms with Crippen molar-refractivity contribution in [1.82, 2.24) is 5.16 Å². The van der Waals surface area contributed by atoms with Gasteiger partial charge in [-0.05, 0) is 18.2 Å². The zero-order valence-electron chi connectivity index (χ0n) is 8.22. The highest BCUT2D eigenvalue weighted by molar-refractivity contribution is 9.10. The summed E-state index contributed by atoms with van der Waals surface area (Å²) in [7, 11) is -3.76. The lowest BCUT2D eigenvalue weighted by molar-refractivity contribution is 0.423. The number of nitrogens with zero attached hydrogens (tertiary/aromatic N) is 1. The molecular weight excluding hydrogens is 332 g/mol. The molecule has 0 radical (unpaired) electrons. The summed E-state index contributed by atoms with van der Waals surface area (Å²) in [6, 6.07) is 5.88. The van der Waals surface area contributed by atoms with Crippen LogP contribution in [0.25, 0.3) is 0 Å². The molecule has 2 aromatic rings. The van der Waals surface area contributed by atoms with Crippen LogP contribution in [0.1, 0.15) is 0 Å². The van der Waals surface area contributed by atoms with Gasteiger partial charge in [0.25, 0.3) is 10.0 Å². The van der Waals surface area contributed by atoms with Crippen LogP contribution >= 0.6 is 27.5 Å². The normalized spacial score (nSPS) is 11.4. The molecule has 17 heavy (non-hydrogen) atoms. The zero-order chi connectivity index (χ0) is 12.5. The first-order valence-corrected chi connectivity index (χ1v) is 7.03. The average Bonchev–Trinajstić information content (AvgIpc) is 2.68. The van der Waals surface area contributed by atoms with Crippen molar-refractivity contribution in [3.63, 3.8) is 0 Å². The summed E-state index contributed by atoms with van der Waals surface area (Å²) in [5.41, 5.74) is 0. The molecule has 1 aromatic carbocycles. The first kappa shape index (κ1) is 12.4. The highest BCUT2D eigenvalue weighted by Gasteiger charge is 2.19. The van der Waals surface area contributed by atoms with E-state index in [2.05, 4.69) is 30.3 Å². The summed E-state index contributed by atoms with van der Waals surface area (Å²) >= 11 is 9.06. The largest absolute Gasteiger partial charge is 0.363 e. The van der Waals surface area contributed by atoms with Crippen LogP contribution in [0.4, 0.5) is 5.82 Å². The van der Waals surface area contributed by atoms with Crippen molar-refractivity contribution in [2.75, 3.05) is 4.72 Å². The van der Waals surface area contributed by atoms with Crippen LogP contribution in [-0.4, -0.2) is 13.6 Å². The molecule has 90 valence electrons. The van der Waals surface area contributed by atoms with E-state index in [9.17, 15) is 8.42 Å². The van der Waals surface area contributed by atoms with Crippen molar-refractivity contribution in [3.8, 4) is 0 Å². The molecule has 0 aliphatic rings. The number of hydrogen-bond acceptors (Lipinski definition) is 4. The molecule has 2 rings (SSSR count). The van der Waals surface area contributed by atoms with E-state index in [4.69, 9.17) is 11.6 Å². The van der Waals surface area contributed by atoms with Crippen LogP contribution in [0.5, 0.6) is 0 Å². The fraction of sp³-hybridized carbons (Fsp3) is 0. The van der Waals surface area contributed by atoms with Crippen LogP contribution in [0.2, 0.25) is 5.02 Å². The fourth-order valence-electron chi connectivity index (χ4n) is 1.15. The predicted molar refractivity (Wildman–Crippen MR) is 66.5 cm³/mol. The van der Waals surface area contributed by atoms with E-state index in [0.717, 1.165) is 0 Å². The Bertz CT molecular complexity index is 628. The van der Waals surface area contributed by atoms with Gasteiger partial charge in [0.15, 0.2) is 5.82 Å². The van der Waals surface area contributed by atoms with Crippen LogP contribution in [0.3, 0.4) is 0 Å². The summed E-state index contributed by atoms with van der Waals surface area (Å²) in [4.78, 5) is -0.0228. The van der Waals surface area contributed by atoms with E-state index in [1.165, 1.54) is 24.5 Å².